The fourth-order valence-electron chi connectivity index (χ4n) is 4.08. The van der Waals surface area contributed by atoms with Crippen LogP contribution < -0.4 is 4.72 Å². The van der Waals surface area contributed by atoms with Crippen molar-refractivity contribution in [3.05, 3.63) is 40.3 Å². The van der Waals surface area contributed by atoms with Crippen molar-refractivity contribution in [2.24, 2.45) is 11.0 Å². The first-order valence-electron chi connectivity index (χ1n) is 10.1. The quantitative estimate of drug-likeness (QED) is 0.298. The third-order valence-corrected chi connectivity index (χ3v) is 7.46. The number of hydrogen-bond acceptors (Lipinski definition) is 5. The molecule has 0 saturated carbocycles. The number of nitrogens with one attached hydrogen (secondary N) is 1. The first-order chi connectivity index (χ1) is 14.0. The van der Waals surface area contributed by atoms with E-state index in [-0.39, 0.29) is 5.92 Å². The number of rotatable bonds is 8. The second kappa shape index (κ2) is 10.3. The zero-order valence-corrected chi connectivity index (χ0v) is 17.3. The lowest BCUT2D eigenvalue weighted by molar-refractivity contribution is 0.190. The van der Waals surface area contributed by atoms with Gasteiger partial charge in [0.25, 0.3) is 10.2 Å². The zero-order valence-electron chi connectivity index (χ0n) is 16.5. The van der Waals surface area contributed by atoms with Crippen LogP contribution in [0.1, 0.15) is 37.2 Å². The summed E-state index contributed by atoms with van der Waals surface area (Å²) in [6.07, 6.45) is 4.52. The molecule has 0 aliphatic carbocycles. The molecule has 11 heteroatoms. The van der Waals surface area contributed by atoms with E-state index in [0.717, 1.165) is 25.9 Å². The molecule has 0 atom stereocenters. The minimum absolute atomic E-state index is 0.00168. The van der Waals surface area contributed by atoms with Crippen LogP contribution in [0, 0.1) is 11.9 Å². The number of hydrogen-bond donors (Lipinski definition) is 1. The van der Waals surface area contributed by atoms with Gasteiger partial charge in [-0.15, -0.1) is 0 Å². The van der Waals surface area contributed by atoms with Gasteiger partial charge in [-0.2, -0.15) is 17.1 Å². The minimum atomic E-state index is -3.53. The number of likely N-dealkylation sites (tertiary alicyclic amines) is 1. The molecule has 29 heavy (non-hydrogen) atoms. The molecule has 0 aromatic carbocycles. The molecular weight excluding hydrogens is 397 g/mol. The molecule has 3 rings (SSSR count). The lowest BCUT2D eigenvalue weighted by atomic mass is 9.91. The number of aromatic nitrogens is 1. The predicted octanol–water partition coefficient (Wildman–Crippen LogP) is 2.26. The molecule has 0 radical (unpaired) electrons. The van der Waals surface area contributed by atoms with E-state index in [1.807, 2.05) is 0 Å². The highest BCUT2D eigenvalue weighted by atomic mass is 32.2. The second-order valence-corrected chi connectivity index (χ2v) is 9.41. The first kappa shape index (κ1) is 21.9. The lowest BCUT2D eigenvalue weighted by Gasteiger charge is -2.33. The fourth-order valence-corrected chi connectivity index (χ4v) is 5.30. The Labute approximate surface area is 171 Å². The Morgan fingerprint density at radius 1 is 1.24 bits per heavy atom. The maximum absolute atomic E-state index is 13.9. The van der Waals surface area contributed by atoms with Gasteiger partial charge in [-0.3, -0.25) is 0 Å². The highest BCUT2D eigenvalue weighted by Gasteiger charge is 2.29. The highest BCUT2D eigenvalue weighted by Crippen LogP contribution is 2.29. The Morgan fingerprint density at radius 2 is 1.97 bits per heavy atom. The smallest absolute Gasteiger partial charge is 0.279 e. The van der Waals surface area contributed by atoms with Crippen molar-refractivity contribution < 1.29 is 12.8 Å². The molecule has 2 saturated heterocycles. The van der Waals surface area contributed by atoms with Gasteiger partial charge in [0, 0.05) is 49.4 Å². The summed E-state index contributed by atoms with van der Waals surface area (Å²) in [6.45, 7) is 4.07. The van der Waals surface area contributed by atoms with Crippen LogP contribution in [0.2, 0.25) is 0 Å². The van der Waals surface area contributed by atoms with Crippen LogP contribution in [0.5, 0.6) is 0 Å². The van der Waals surface area contributed by atoms with Gasteiger partial charge in [-0.25, -0.2) is 9.71 Å². The van der Waals surface area contributed by atoms with Crippen LogP contribution >= 0.6 is 0 Å². The van der Waals surface area contributed by atoms with Crippen LogP contribution in [0.25, 0.3) is 10.4 Å². The molecule has 2 fully saturated rings. The summed E-state index contributed by atoms with van der Waals surface area (Å²) in [6, 6.07) is 3.44. The Morgan fingerprint density at radius 3 is 2.62 bits per heavy atom. The van der Waals surface area contributed by atoms with Gasteiger partial charge < -0.3 is 4.90 Å². The van der Waals surface area contributed by atoms with E-state index >= 15 is 0 Å². The number of azide groups is 1. The van der Waals surface area contributed by atoms with E-state index in [2.05, 4.69) is 24.6 Å². The normalized spacial score (nSPS) is 20.4. The van der Waals surface area contributed by atoms with E-state index in [1.165, 1.54) is 10.5 Å². The average molecular weight is 426 g/mol. The van der Waals surface area contributed by atoms with Crippen molar-refractivity contribution in [2.75, 3.05) is 45.8 Å². The van der Waals surface area contributed by atoms with Gasteiger partial charge in [0.05, 0.1) is 0 Å². The van der Waals surface area contributed by atoms with Crippen LogP contribution in [0.3, 0.4) is 0 Å². The summed E-state index contributed by atoms with van der Waals surface area (Å²) in [5, 5.41) is 3.64. The van der Waals surface area contributed by atoms with Gasteiger partial charge in [0.1, 0.15) is 0 Å². The first-order valence-corrected chi connectivity index (χ1v) is 11.5. The van der Waals surface area contributed by atoms with E-state index in [0.29, 0.717) is 57.0 Å². The van der Waals surface area contributed by atoms with E-state index in [4.69, 9.17) is 5.53 Å². The Kier molecular flexibility index (Phi) is 7.79. The van der Waals surface area contributed by atoms with Crippen LogP contribution in [0.15, 0.2) is 23.4 Å². The van der Waals surface area contributed by atoms with Gasteiger partial charge in [0.15, 0.2) is 0 Å². The zero-order chi connectivity index (χ0) is 20.7. The number of piperidine rings is 2. The van der Waals surface area contributed by atoms with Gasteiger partial charge in [0.2, 0.25) is 5.95 Å². The Hall–Kier alpha value is -1.78. The fraction of sp³-hybridized carbons (Fsp3) is 0.722. The molecule has 2 aliphatic rings. The second-order valence-electron chi connectivity index (χ2n) is 7.65. The molecule has 0 bridgehead atoms. The largest absolute Gasteiger partial charge is 0.302 e. The van der Waals surface area contributed by atoms with Crippen LogP contribution in [-0.2, 0) is 10.2 Å². The summed E-state index contributed by atoms with van der Waals surface area (Å²) >= 11 is 0. The molecule has 0 unspecified atom stereocenters. The predicted molar refractivity (Wildman–Crippen MR) is 108 cm³/mol. The van der Waals surface area contributed by atoms with Crippen LogP contribution in [-0.4, -0.2) is 68.4 Å². The molecular formula is C18H28FN7O2S. The molecule has 9 nitrogen and oxygen atoms in total. The topological polar surface area (TPSA) is 114 Å². The molecule has 1 aromatic rings. The van der Waals surface area contributed by atoms with E-state index in [9.17, 15) is 12.8 Å². The van der Waals surface area contributed by atoms with Crippen molar-refractivity contribution in [1.82, 2.24) is 18.9 Å². The lowest BCUT2D eigenvalue weighted by Crippen LogP contribution is -2.47. The molecule has 0 spiro atoms. The highest BCUT2D eigenvalue weighted by molar-refractivity contribution is 7.87. The van der Waals surface area contributed by atoms with Crippen molar-refractivity contribution in [3.8, 4) is 0 Å². The Balaban J connectivity index is 1.40. The minimum Gasteiger partial charge on any atom is -0.302 e. The molecule has 3 heterocycles. The van der Waals surface area contributed by atoms with E-state index < -0.39 is 16.2 Å². The molecule has 0 amide bonds. The SMILES string of the molecule is [N-]=[N+]=NCC1CCN(CCNS(=O)(=O)N2CCC(c3cccnc3F)CC2)CC1. The van der Waals surface area contributed by atoms with Crippen molar-refractivity contribution in [3.63, 3.8) is 0 Å². The monoisotopic (exact) mass is 425 g/mol. The third-order valence-electron chi connectivity index (χ3n) is 5.84. The van der Waals surface area contributed by atoms with Crippen molar-refractivity contribution in [2.45, 2.75) is 31.6 Å². The Bertz CT molecular complexity index is 815. The van der Waals surface area contributed by atoms with Crippen molar-refractivity contribution in [1.29, 1.82) is 0 Å². The number of halogens is 1. The number of pyridine rings is 1. The standard InChI is InChI=1S/C18H28FN7O2S/c19-18-17(2-1-7-21-18)16-5-11-26(12-6-16)29(27,28)23-8-13-25-9-3-15(4-10-25)14-22-24-20/h1-2,7,15-16,23H,3-6,8-14H2. The van der Waals surface area contributed by atoms with Gasteiger partial charge in [-0.05, 0) is 62.2 Å². The maximum atomic E-state index is 13.9. The summed E-state index contributed by atoms with van der Waals surface area (Å²) in [5.74, 6) is -0.0401. The van der Waals surface area contributed by atoms with Gasteiger partial charge >= 0.3 is 0 Å². The summed E-state index contributed by atoms with van der Waals surface area (Å²) in [5.41, 5.74) is 8.96. The van der Waals surface area contributed by atoms with Crippen molar-refractivity contribution >= 4 is 10.2 Å². The molecule has 1 aromatic heterocycles. The summed E-state index contributed by atoms with van der Waals surface area (Å²) in [7, 11) is -3.53. The third kappa shape index (κ3) is 6.10. The molecule has 2 aliphatic heterocycles. The average Bonchev–Trinajstić information content (AvgIpc) is 2.73. The summed E-state index contributed by atoms with van der Waals surface area (Å²) in [4.78, 5) is 8.72. The van der Waals surface area contributed by atoms with Crippen LogP contribution in [0.4, 0.5) is 4.39 Å². The molecule has 160 valence electrons. The molecule has 1 N–H and O–H groups in total. The number of nitrogens with zero attached hydrogens (tertiary/aromatic N) is 6. The maximum Gasteiger partial charge on any atom is 0.279 e. The summed E-state index contributed by atoms with van der Waals surface area (Å²) < 4.78 is 43.1. The van der Waals surface area contributed by atoms with E-state index in [1.54, 1.807) is 12.1 Å². The van der Waals surface area contributed by atoms with Gasteiger partial charge in [-0.1, -0.05) is 11.2 Å².